The Hall–Kier alpha value is -1.21. The van der Waals surface area contributed by atoms with E-state index >= 15 is 0 Å². The first-order chi connectivity index (χ1) is 9.66. The summed E-state index contributed by atoms with van der Waals surface area (Å²) < 4.78 is 26.5. The quantitative estimate of drug-likeness (QED) is 0.904. The van der Waals surface area contributed by atoms with Gasteiger partial charge in [0.2, 0.25) is 16.0 Å². The summed E-state index contributed by atoms with van der Waals surface area (Å²) in [5.74, 6) is 0.562. The van der Waals surface area contributed by atoms with Crippen LogP contribution >= 0.6 is 0 Å². The Morgan fingerprint density at radius 3 is 2.40 bits per heavy atom. The molecule has 0 amide bonds. The van der Waals surface area contributed by atoms with Gasteiger partial charge in [0.25, 0.3) is 0 Å². The second-order valence-electron chi connectivity index (χ2n) is 5.54. The third kappa shape index (κ3) is 2.78. The number of anilines is 1. The van der Waals surface area contributed by atoms with E-state index in [-0.39, 0.29) is 11.3 Å². The lowest BCUT2D eigenvalue weighted by Gasteiger charge is -2.40. The molecule has 2 heterocycles. The van der Waals surface area contributed by atoms with Crippen LogP contribution in [0.1, 0.15) is 32.1 Å². The van der Waals surface area contributed by atoms with Gasteiger partial charge >= 0.3 is 0 Å². The molecule has 0 aromatic carbocycles. The fourth-order valence-electron chi connectivity index (χ4n) is 2.87. The minimum absolute atomic E-state index is 0.121. The van der Waals surface area contributed by atoms with Crippen LogP contribution in [0.25, 0.3) is 0 Å². The lowest BCUT2D eigenvalue weighted by atomic mass is 10.0. The number of aromatic nitrogens is 2. The molecule has 2 fully saturated rings. The van der Waals surface area contributed by atoms with E-state index in [0.29, 0.717) is 19.0 Å². The van der Waals surface area contributed by atoms with Crippen LogP contribution in [0.4, 0.5) is 5.95 Å². The van der Waals surface area contributed by atoms with E-state index in [1.807, 2.05) is 0 Å². The highest BCUT2D eigenvalue weighted by Crippen LogP contribution is 2.28. The lowest BCUT2D eigenvalue weighted by Crippen LogP contribution is -2.59. The first-order valence-corrected chi connectivity index (χ1v) is 8.69. The topological polar surface area (TPSA) is 75.2 Å². The summed E-state index contributed by atoms with van der Waals surface area (Å²) in [4.78, 5) is 8.17. The van der Waals surface area contributed by atoms with E-state index in [9.17, 15) is 8.42 Å². The first kappa shape index (κ1) is 13.8. The fraction of sp³-hybridized carbons (Fsp3) is 0.692. The van der Waals surface area contributed by atoms with Crippen molar-refractivity contribution in [3.63, 3.8) is 0 Å². The molecule has 1 saturated carbocycles. The van der Waals surface area contributed by atoms with Gasteiger partial charge in [-0.2, -0.15) is 4.31 Å². The van der Waals surface area contributed by atoms with Gasteiger partial charge in [0.15, 0.2) is 0 Å². The predicted molar refractivity (Wildman–Crippen MR) is 76.8 cm³/mol. The molecular formula is C13H20N4O2S. The summed E-state index contributed by atoms with van der Waals surface area (Å²) >= 11 is 0. The summed E-state index contributed by atoms with van der Waals surface area (Å²) in [6.45, 7) is 1.05. The van der Waals surface area contributed by atoms with Crippen LogP contribution in [0.2, 0.25) is 0 Å². The van der Waals surface area contributed by atoms with Crippen molar-refractivity contribution in [2.75, 3.05) is 18.4 Å². The molecule has 7 heteroatoms. The van der Waals surface area contributed by atoms with Crippen LogP contribution < -0.4 is 5.32 Å². The van der Waals surface area contributed by atoms with Crippen molar-refractivity contribution < 1.29 is 8.42 Å². The van der Waals surface area contributed by atoms with Crippen LogP contribution in [0.3, 0.4) is 0 Å². The summed E-state index contributed by atoms with van der Waals surface area (Å²) in [7, 11) is -3.10. The smallest absolute Gasteiger partial charge is 0.222 e. The zero-order valence-corrected chi connectivity index (χ0v) is 12.2. The molecule has 1 aliphatic carbocycles. The van der Waals surface area contributed by atoms with Crippen LogP contribution in [0.15, 0.2) is 18.5 Å². The van der Waals surface area contributed by atoms with Gasteiger partial charge in [-0.05, 0) is 18.9 Å². The molecule has 1 N–H and O–H groups in total. The molecule has 20 heavy (non-hydrogen) atoms. The maximum atomic E-state index is 12.4. The van der Waals surface area contributed by atoms with Crippen molar-refractivity contribution in [2.45, 2.75) is 43.4 Å². The van der Waals surface area contributed by atoms with Crippen molar-refractivity contribution in [1.29, 1.82) is 0 Å². The molecule has 0 unspecified atom stereocenters. The monoisotopic (exact) mass is 296 g/mol. The van der Waals surface area contributed by atoms with Crippen molar-refractivity contribution in [2.24, 2.45) is 0 Å². The van der Waals surface area contributed by atoms with Gasteiger partial charge in [0, 0.05) is 25.5 Å². The molecular weight excluding hydrogens is 276 g/mol. The van der Waals surface area contributed by atoms with E-state index in [2.05, 4.69) is 15.3 Å². The predicted octanol–water partition coefficient (Wildman–Crippen LogP) is 1.24. The van der Waals surface area contributed by atoms with E-state index in [0.717, 1.165) is 25.7 Å². The van der Waals surface area contributed by atoms with Crippen molar-refractivity contribution in [1.82, 2.24) is 14.3 Å². The molecule has 1 aliphatic heterocycles. The summed E-state index contributed by atoms with van der Waals surface area (Å²) in [5.41, 5.74) is 0. The number of sulfonamides is 1. The molecule has 2 aliphatic rings. The number of hydrogen-bond acceptors (Lipinski definition) is 5. The van der Waals surface area contributed by atoms with Gasteiger partial charge in [0.1, 0.15) is 0 Å². The van der Waals surface area contributed by atoms with Crippen molar-refractivity contribution >= 4 is 16.0 Å². The lowest BCUT2D eigenvalue weighted by molar-refractivity contribution is 0.272. The Morgan fingerprint density at radius 2 is 1.75 bits per heavy atom. The van der Waals surface area contributed by atoms with E-state index in [1.165, 1.54) is 6.42 Å². The Morgan fingerprint density at radius 1 is 1.10 bits per heavy atom. The van der Waals surface area contributed by atoms with Gasteiger partial charge in [0.05, 0.1) is 11.3 Å². The van der Waals surface area contributed by atoms with Crippen molar-refractivity contribution in [3.8, 4) is 0 Å². The number of rotatable bonds is 4. The van der Waals surface area contributed by atoms with Gasteiger partial charge in [-0.15, -0.1) is 0 Å². The maximum Gasteiger partial charge on any atom is 0.222 e. The standard InChI is InChI=1S/C13H20N4O2S/c18-20(19,12-5-2-1-3-6-12)17-9-11(10-17)16-13-14-7-4-8-15-13/h4,7-8,11-12H,1-3,5-6,9-10H2,(H,14,15,16). The Kier molecular flexibility index (Phi) is 3.89. The van der Waals surface area contributed by atoms with E-state index < -0.39 is 10.0 Å². The van der Waals surface area contributed by atoms with Gasteiger partial charge < -0.3 is 5.32 Å². The number of hydrogen-bond donors (Lipinski definition) is 1. The fourth-order valence-corrected chi connectivity index (χ4v) is 4.99. The molecule has 1 saturated heterocycles. The molecule has 0 spiro atoms. The molecule has 0 radical (unpaired) electrons. The molecule has 0 atom stereocenters. The molecule has 1 aromatic rings. The third-order valence-corrected chi connectivity index (χ3v) is 6.41. The largest absolute Gasteiger partial charge is 0.349 e. The highest BCUT2D eigenvalue weighted by molar-refractivity contribution is 7.89. The van der Waals surface area contributed by atoms with Gasteiger partial charge in [-0.3, -0.25) is 0 Å². The second kappa shape index (κ2) is 5.65. The highest BCUT2D eigenvalue weighted by Gasteiger charge is 2.40. The SMILES string of the molecule is O=S(=O)(C1CCCCC1)N1CC(Nc2ncccn2)C1. The van der Waals surface area contributed by atoms with Crippen LogP contribution in [-0.2, 0) is 10.0 Å². The Balaban J connectivity index is 1.54. The van der Waals surface area contributed by atoms with E-state index in [4.69, 9.17) is 0 Å². The van der Waals surface area contributed by atoms with Crippen molar-refractivity contribution in [3.05, 3.63) is 18.5 Å². The summed E-state index contributed by atoms with van der Waals surface area (Å²) in [6.07, 6.45) is 8.22. The highest BCUT2D eigenvalue weighted by atomic mass is 32.2. The minimum Gasteiger partial charge on any atom is -0.349 e. The Labute approximate surface area is 119 Å². The zero-order valence-electron chi connectivity index (χ0n) is 11.4. The average Bonchev–Trinajstić information content (AvgIpc) is 2.44. The van der Waals surface area contributed by atoms with Gasteiger partial charge in [-0.1, -0.05) is 19.3 Å². The van der Waals surface area contributed by atoms with Crippen LogP contribution in [-0.4, -0.2) is 47.1 Å². The number of nitrogens with zero attached hydrogens (tertiary/aromatic N) is 3. The molecule has 1 aromatic heterocycles. The maximum absolute atomic E-state index is 12.4. The molecule has 0 bridgehead atoms. The summed E-state index contributed by atoms with van der Waals surface area (Å²) in [5, 5.41) is 2.99. The minimum atomic E-state index is -3.10. The second-order valence-corrected chi connectivity index (χ2v) is 7.75. The van der Waals surface area contributed by atoms with E-state index in [1.54, 1.807) is 22.8 Å². The zero-order chi connectivity index (χ0) is 14.0. The van der Waals surface area contributed by atoms with Gasteiger partial charge in [-0.25, -0.2) is 18.4 Å². The first-order valence-electron chi connectivity index (χ1n) is 7.19. The average molecular weight is 296 g/mol. The number of nitrogens with one attached hydrogen (secondary N) is 1. The summed E-state index contributed by atoms with van der Waals surface area (Å²) in [6, 6.07) is 1.88. The van der Waals surface area contributed by atoms with Crippen LogP contribution in [0.5, 0.6) is 0 Å². The normalized spacial score (nSPS) is 22.4. The molecule has 3 rings (SSSR count). The molecule has 6 nitrogen and oxygen atoms in total. The van der Waals surface area contributed by atoms with Crippen LogP contribution in [0, 0.1) is 0 Å². The Bertz CT molecular complexity index is 537. The third-order valence-electron chi connectivity index (χ3n) is 4.08. The molecule has 110 valence electrons.